The average molecular weight is 219 g/mol. The van der Waals surface area contributed by atoms with Gasteiger partial charge in [0.1, 0.15) is 25.1 Å². The molecule has 0 aliphatic heterocycles. The SMILES string of the molecule is CO/N=C(\C)c1cccc(C#CCON)n1. The van der Waals surface area contributed by atoms with Crippen LogP contribution in [0.5, 0.6) is 0 Å². The number of hydrogen-bond donors (Lipinski definition) is 1. The van der Waals surface area contributed by atoms with Crippen molar-refractivity contribution in [3.63, 3.8) is 0 Å². The lowest BCUT2D eigenvalue weighted by molar-refractivity contribution is 0.173. The van der Waals surface area contributed by atoms with E-state index in [0.717, 1.165) is 5.69 Å². The van der Waals surface area contributed by atoms with E-state index in [1.54, 1.807) is 6.07 Å². The average Bonchev–Trinajstić information content (AvgIpc) is 2.30. The molecule has 0 fully saturated rings. The number of rotatable bonds is 3. The lowest BCUT2D eigenvalue weighted by Crippen LogP contribution is -2.01. The predicted octanol–water partition coefficient (Wildman–Crippen LogP) is 0.694. The van der Waals surface area contributed by atoms with E-state index in [-0.39, 0.29) is 6.61 Å². The molecule has 0 atom stereocenters. The van der Waals surface area contributed by atoms with Crippen molar-refractivity contribution >= 4 is 5.71 Å². The normalized spacial score (nSPS) is 10.6. The highest BCUT2D eigenvalue weighted by atomic mass is 16.6. The van der Waals surface area contributed by atoms with Crippen LogP contribution in [0.25, 0.3) is 0 Å². The molecule has 0 saturated heterocycles. The van der Waals surface area contributed by atoms with Gasteiger partial charge in [-0.15, -0.1) is 0 Å². The minimum absolute atomic E-state index is 0.178. The van der Waals surface area contributed by atoms with Crippen molar-refractivity contribution in [2.75, 3.05) is 13.7 Å². The third-order valence-corrected chi connectivity index (χ3v) is 1.72. The van der Waals surface area contributed by atoms with Crippen molar-refractivity contribution in [2.45, 2.75) is 6.92 Å². The topological polar surface area (TPSA) is 69.7 Å². The van der Waals surface area contributed by atoms with E-state index in [1.807, 2.05) is 19.1 Å². The summed E-state index contributed by atoms with van der Waals surface area (Å²) in [6.45, 7) is 1.99. The number of aromatic nitrogens is 1. The molecule has 1 aromatic heterocycles. The minimum Gasteiger partial charge on any atom is -0.399 e. The first kappa shape index (κ1) is 12.2. The van der Waals surface area contributed by atoms with Crippen LogP contribution in [0.2, 0.25) is 0 Å². The summed E-state index contributed by atoms with van der Waals surface area (Å²) < 4.78 is 0. The summed E-state index contributed by atoms with van der Waals surface area (Å²) >= 11 is 0. The molecule has 0 aromatic carbocycles. The second kappa shape index (κ2) is 6.56. The molecule has 0 bridgehead atoms. The Hall–Kier alpha value is -1.90. The molecule has 2 N–H and O–H groups in total. The first-order valence-corrected chi connectivity index (χ1v) is 4.63. The molecular formula is C11H13N3O2. The van der Waals surface area contributed by atoms with E-state index in [2.05, 4.69) is 31.7 Å². The van der Waals surface area contributed by atoms with Crippen LogP contribution in [-0.4, -0.2) is 24.4 Å². The van der Waals surface area contributed by atoms with Gasteiger partial charge < -0.3 is 4.84 Å². The summed E-state index contributed by atoms with van der Waals surface area (Å²) in [7, 11) is 1.49. The molecule has 1 heterocycles. The Morgan fingerprint density at radius 2 is 2.38 bits per heavy atom. The van der Waals surface area contributed by atoms with Gasteiger partial charge in [0.05, 0.1) is 5.69 Å². The van der Waals surface area contributed by atoms with E-state index < -0.39 is 0 Å². The highest BCUT2D eigenvalue weighted by molar-refractivity contribution is 5.96. The van der Waals surface area contributed by atoms with Crippen molar-refractivity contribution in [1.82, 2.24) is 4.98 Å². The van der Waals surface area contributed by atoms with Gasteiger partial charge in [-0.05, 0) is 25.0 Å². The minimum atomic E-state index is 0.178. The Balaban J connectivity index is 2.88. The second-order valence-corrected chi connectivity index (χ2v) is 2.88. The maximum absolute atomic E-state index is 4.85. The van der Waals surface area contributed by atoms with E-state index >= 15 is 0 Å². The summed E-state index contributed by atoms with van der Waals surface area (Å²) in [5, 5.41) is 3.79. The molecule has 1 rings (SSSR count). The molecule has 0 unspecified atom stereocenters. The van der Waals surface area contributed by atoms with Crippen LogP contribution in [-0.2, 0) is 9.68 Å². The van der Waals surface area contributed by atoms with Crippen LogP contribution in [0.1, 0.15) is 18.3 Å². The fourth-order valence-corrected chi connectivity index (χ4v) is 1.06. The van der Waals surface area contributed by atoms with Gasteiger partial charge in [0.25, 0.3) is 0 Å². The number of hydrogen-bond acceptors (Lipinski definition) is 5. The number of oxime groups is 1. The molecule has 0 spiro atoms. The Morgan fingerprint density at radius 1 is 1.56 bits per heavy atom. The van der Waals surface area contributed by atoms with Crippen molar-refractivity contribution in [1.29, 1.82) is 0 Å². The smallest absolute Gasteiger partial charge is 0.129 e. The lowest BCUT2D eigenvalue weighted by Gasteiger charge is -1.99. The Morgan fingerprint density at radius 3 is 3.06 bits per heavy atom. The highest BCUT2D eigenvalue weighted by Gasteiger charge is 1.99. The lowest BCUT2D eigenvalue weighted by atomic mass is 10.2. The van der Waals surface area contributed by atoms with Crippen LogP contribution >= 0.6 is 0 Å². The molecule has 0 aliphatic rings. The van der Waals surface area contributed by atoms with Crippen molar-refractivity contribution < 1.29 is 9.68 Å². The van der Waals surface area contributed by atoms with Gasteiger partial charge in [-0.2, -0.15) is 0 Å². The maximum Gasteiger partial charge on any atom is 0.129 e. The molecule has 0 saturated carbocycles. The van der Waals surface area contributed by atoms with Crippen LogP contribution in [0.4, 0.5) is 0 Å². The third kappa shape index (κ3) is 3.69. The largest absolute Gasteiger partial charge is 0.399 e. The number of nitrogens with zero attached hydrogens (tertiary/aromatic N) is 2. The molecular weight excluding hydrogens is 206 g/mol. The Bertz CT molecular complexity index is 432. The Kier molecular flexibility index (Phi) is 4.99. The third-order valence-electron chi connectivity index (χ3n) is 1.72. The van der Waals surface area contributed by atoms with E-state index in [0.29, 0.717) is 11.4 Å². The summed E-state index contributed by atoms with van der Waals surface area (Å²) in [6.07, 6.45) is 0. The van der Waals surface area contributed by atoms with Crippen molar-refractivity contribution in [3.8, 4) is 11.8 Å². The monoisotopic (exact) mass is 219 g/mol. The first-order valence-electron chi connectivity index (χ1n) is 4.63. The summed E-state index contributed by atoms with van der Waals surface area (Å²) in [4.78, 5) is 13.3. The van der Waals surface area contributed by atoms with Gasteiger partial charge >= 0.3 is 0 Å². The highest BCUT2D eigenvalue weighted by Crippen LogP contribution is 2.00. The van der Waals surface area contributed by atoms with Crippen molar-refractivity contribution in [2.24, 2.45) is 11.1 Å². The molecule has 5 heteroatoms. The van der Waals surface area contributed by atoms with Crippen LogP contribution in [0.3, 0.4) is 0 Å². The Labute approximate surface area is 94.2 Å². The number of pyridine rings is 1. The van der Waals surface area contributed by atoms with Crippen LogP contribution < -0.4 is 5.90 Å². The molecule has 0 radical (unpaired) electrons. The van der Waals surface area contributed by atoms with Crippen LogP contribution in [0.15, 0.2) is 23.4 Å². The summed E-state index contributed by atoms with van der Waals surface area (Å²) in [5.74, 6) is 10.4. The summed E-state index contributed by atoms with van der Waals surface area (Å²) in [5.41, 5.74) is 2.06. The first-order chi connectivity index (χ1) is 7.77. The van der Waals surface area contributed by atoms with Gasteiger partial charge in [0.15, 0.2) is 0 Å². The predicted molar refractivity (Wildman–Crippen MR) is 60.5 cm³/mol. The zero-order chi connectivity index (χ0) is 11.8. The summed E-state index contributed by atoms with van der Waals surface area (Å²) in [6, 6.07) is 5.49. The molecule has 0 aliphatic carbocycles. The van der Waals surface area contributed by atoms with Gasteiger partial charge in [0, 0.05) is 0 Å². The van der Waals surface area contributed by atoms with E-state index in [4.69, 9.17) is 5.90 Å². The van der Waals surface area contributed by atoms with Gasteiger partial charge in [-0.25, -0.2) is 10.9 Å². The molecule has 0 amide bonds. The molecule has 16 heavy (non-hydrogen) atoms. The van der Waals surface area contributed by atoms with Gasteiger partial charge in [0.2, 0.25) is 0 Å². The zero-order valence-corrected chi connectivity index (χ0v) is 9.23. The molecule has 84 valence electrons. The van der Waals surface area contributed by atoms with E-state index in [9.17, 15) is 0 Å². The van der Waals surface area contributed by atoms with Crippen LogP contribution in [0, 0.1) is 11.8 Å². The van der Waals surface area contributed by atoms with Gasteiger partial charge in [-0.3, -0.25) is 4.84 Å². The number of nitrogens with two attached hydrogens (primary N) is 1. The molecule has 1 aromatic rings. The van der Waals surface area contributed by atoms with E-state index in [1.165, 1.54) is 7.11 Å². The second-order valence-electron chi connectivity index (χ2n) is 2.88. The maximum atomic E-state index is 4.85. The van der Waals surface area contributed by atoms with Crippen molar-refractivity contribution in [3.05, 3.63) is 29.6 Å². The fraction of sp³-hybridized carbons (Fsp3) is 0.273. The molecule has 5 nitrogen and oxygen atoms in total. The quantitative estimate of drug-likeness (QED) is 0.461. The standard InChI is InChI=1S/C11H13N3O2/c1-9(14-15-2)11-7-3-5-10(13-11)6-4-8-16-12/h3,5,7H,8,12H2,1-2H3/b14-9+. The van der Waals surface area contributed by atoms with Gasteiger partial charge in [-0.1, -0.05) is 17.1 Å². The zero-order valence-electron chi connectivity index (χ0n) is 9.23. The fourth-order valence-electron chi connectivity index (χ4n) is 1.06.